The molecule has 25 heavy (non-hydrogen) atoms. The normalized spacial score (nSPS) is 10.8. The molecule has 5 nitrogen and oxygen atoms in total. The zero-order valence-electron chi connectivity index (χ0n) is 14.9. The van der Waals surface area contributed by atoms with Crippen molar-refractivity contribution in [1.82, 2.24) is 10.6 Å². The number of carbonyl (C=O) groups excluding carboxylic acids is 2. The lowest BCUT2D eigenvalue weighted by molar-refractivity contribution is -0.118. The highest BCUT2D eigenvalue weighted by molar-refractivity contribution is 5.96. The summed E-state index contributed by atoms with van der Waals surface area (Å²) in [6.45, 7) is 6.76. The molecule has 0 saturated heterocycles. The SMILES string of the molecule is CC(C)(C)c1ccccc1NCC(=O)NC(=O)NCc1ccccc1. The molecule has 2 aromatic carbocycles. The zero-order chi connectivity index (χ0) is 18.3. The minimum atomic E-state index is -0.500. The van der Waals surface area contributed by atoms with Crippen LogP contribution in [0.4, 0.5) is 10.5 Å². The average molecular weight is 339 g/mol. The summed E-state index contributed by atoms with van der Waals surface area (Å²) in [6, 6.07) is 16.9. The van der Waals surface area contributed by atoms with Gasteiger partial charge in [0.25, 0.3) is 0 Å². The van der Waals surface area contributed by atoms with Gasteiger partial charge in [-0.25, -0.2) is 4.79 Å². The lowest BCUT2D eigenvalue weighted by atomic mass is 9.86. The van der Waals surface area contributed by atoms with Crippen LogP contribution in [-0.2, 0) is 16.8 Å². The first-order valence-electron chi connectivity index (χ1n) is 8.31. The summed E-state index contributed by atoms with van der Waals surface area (Å²) in [5.74, 6) is -0.380. The van der Waals surface area contributed by atoms with E-state index in [1.807, 2.05) is 54.6 Å². The van der Waals surface area contributed by atoms with Crippen molar-refractivity contribution in [2.24, 2.45) is 0 Å². The molecular weight excluding hydrogens is 314 g/mol. The maximum absolute atomic E-state index is 12.0. The van der Waals surface area contributed by atoms with E-state index >= 15 is 0 Å². The van der Waals surface area contributed by atoms with Crippen LogP contribution in [0.5, 0.6) is 0 Å². The van der Waals surface area contributed by atoms with Gasteiger partial charge in [0.15, 0.2) is 0 Å². The number of hydrogen-bond donors (Lipinski definition) is 3. The summed E-state index contributed by atoms with van der Waals surface area (Å²) in [6.07, 6.45) is 0. The number of nitrogens with one attached hydrogen (secondary N) is 3. The van der Waals surface area contributed by atoms with Crippen molar-refractivity contribution in [3.8, 4) is 0 Å². The van der Waals surface area contributed by atoms with Gasteiger partial charge in [0, 0.05) is 12.2 Å². The molecule has 0 aliphatic rings. The molecule has 0 fully saturated rings. The van der Waals surface area contributed by atoms with Gasteiger partial charge in [-0.3, -0.25) is 10.1 Å². The van der Waals surface area contributed by atoms with E-state index in [0.717, 1.165) is 16.8 Å². The van der Waals surface area contributed by atoms with Crippen LogP contribution in [0.3, 0.4) is 0 Å². The number of amides is 3. The fourth-order valence-electron chi connectivity index (χ4n) is 2.46. The van der Waals surface area contributed by atoms with Gasteiger partial charge in [-0.15, -0.1) is 0 Å². The number of para-hydroxylation sites is 1. The monoisotopic (exact) mass is 339 g/mol. The van der Waals surface area contributed by atoms with E-state index in [-0.39, 0.29) is 17.9 Å². The number of anilines is 1. The molecule has 0 aromatic heterocycles. The van der Waals surface area contributed by atoms with Gasteiger partial charge in [-0.05, 0) is 22.6 Å². The number of imide groups is 1. The summed E-state index contributed by atoms with van der Waals surface area (Å²) in [5, 5.41) is 8.10. The first kappa shape index (κ1) is 18.5. The Morgan fingerprint density at radius 3 is 2.24 bits per heavy atom. The molecule has 0 saturated carbocycles. The maximum atomic E-state index is 12.0. The predicted molar refractivity (Wildman–Crippen MR) is 100 cm³/mol. The molecule has 0 spiro atoms. The molecule has 5 heteroatoms. The van der Waals surface area contributed by atoms with Crippen LogP contribution in [0.15, 0.2) is 54.6 Å². The third-order valence-electron chi connectivity index (χ3n) is 3.72. The van der Waals surface area contributed by atoms with Crippen molar-refractivity contribution < 1.29 is 9.59 Å². The average Bonchev–Trinajstić information content (AvgIpc) is 2.58. The second kappa shape index (κ2) is 8.33. The van der Waals surface area contributed by atoms with Crippen molar-refractivity contribution in [1.29, 1.82) is 0 Å². The largest absolute Gasteiger partial charge is 0.376 e. The van der Waals surface area contributed by atoms with Gasteiger partial charge in [0.05, 0.1) is 6.54 Å². The van der Waals surface area contributed by atoms with Crippen LogP contribution in [0, 0.1) is 0 Å². The van der Waals surface area contributed by atoms with Gasteiger partial charge < -0.3 is 10.6 Å². The Bertz CT molecular complexity index is 721. The number of hydrogen-bond acceptors (Lipinski definition) is 3. The molecule has 0 aliphatic carbocycles. The third-order valence-corrected chi connectivity index (χ3v) is 3.72. The summed E-state index contributed by atoms with van der Waals surface area (Å²) in [7, 11) is 0. The van der Waals surface area contributed by atoms with Gasteiger partial charge >= 0.3 is 6.03 Å². The number of benzene rings is 2. The van der Waals surface area contributed by atoms with E-state index in [1.54, 1.807) is 0 Å². The molecule has 0 radical (unpaired) electrons. The Labute approximate surface area is 148 Å². The Balaban J connectivity index is 1.82. The first-order valence-corrected chi connectivity index (χ1v) is 8.31. The minimum Gasteiger partial charge on any atom is -0.376 e. The molecule has 3 N–H and O–H groups in total. The molecule has 0 bridgehead atoms. The number of carbonyl (C=O) groups is 2. The van der Waals surface area contributed by atoms with E-state index in [2.05, 4.69) is 36.7 Å². The lowest BCUT2D eigenvalue weighted by Gasteiger charge is -2.23. The first-order chi connectivity index (χ1) is 11.9. The Hall–Kier alpha value is -2.82. The Morgan fingerprint density at radius 1 is 0.920 bits per heavy atom. The minimum absolute atomic E-state index is 0.0336. The van der Waals surface area contributed by atoms with Crippen molar-refractivity contribution in [3.05, 3.63) is 65.7 Å². The van der Waals surface area contributed by atoms with Crippen molar-refractivity contribution in [2.75, 3.05) is 11.9 Å². The van der Waals surface area contributed by atoms with Crippen LogP contribution in [-0.4, -0.2) is 18.5 Å². The fourth-order valence-corrected chi connectivity index (χ4v) is 2.46. The topological polar surface area (TPSA) is 70.2 Å². The van der Waals surface area contributed by atoms with Crippen molar-refractivity contribution in [3.63, 3.8) is 0 Å². The number of urea groups is 1. The van der Waals surface area contributed by atoms with Gasteiger partial charge in [-0.1, -0.05) is 69.3 Å². The summed E-state index contributed by atoms with van der Waals surface area (Å²) >= 11 is 0. The van der Waals surface area contributed by atoms with Crippen LogP contribution in [0.25, 0.3) is 0 Å². The smallest absolute Gasteiger partial charge is 0.321 e. The predicted octanol–water partition coefficient (Wildman–Crippen LogP) is 3.42. The fraction of sp³-hybridized carbons (Fsp3) is 0.300. The summed E-state index contributed by atoms with van der Waals surface area (Å²) in [5.41, 5.74) is 2.96. The molecule has 0 unspecified atom stereocenters. The maximum Gasteiger partial charge on any atom is 0.321 e. The molecule has 0 heterocycles. The molecule has 3 amide bonds. The third kappa shape index (κ3) is 5.95. The molecular formula is C20H25N3O2. The summed E-state index contributed by atoms with van der Waals surface area (Å²) < 4.78 is 0. The van der Waals surface area contributed by atoms with Crippen molar-refractivity contribution >= 4 is 17.6 Å². The highest BCUT2D eigenvalue weighted by atomic mass is 16.2. The van der Waals surface area contributed by atoms with E-state index in [4.69, 9.17) is 0 Å². The molecule has 0 aliphatic heterocycles. The van der Waals surface area contributed by atoms with Crippen molar-refractivity contribution in [2.45, 2.75) is 32.7 Å². The van der Waals surface area contributed by atoms with E-state index in [1.165, 1.54) is 0 Å². The van der Waals surface area contributed by atoms with E-state index < -0.39 is 6.03 Å². The molecule has 2 rings (SSSR count). The Kier molecular flexibility index (Phi) is 6.17. The standard InChI is InChI=1S/C20H25N3O2/c1-20(2,3)16-11-7-8-12-17(16)21-14-18(24)23-19(25)22-13-15-9-5-4-6-10-15/h4-12,21H,13-14H2,1-3H3,(H2,22,23,24,25). The second-order valence-corrected chi connectivity index (χ2v) is 6.87. The van der Waals surface area contributed by atoms with E-state index in [9.17, 15) is 9.59 Å². The van der Waals surface area contributed by atoms with E-state index in [0.29, 0.717) is 6.54 Å². The van der Waals surface area contributed by atoms with Gasteiger partial charge in [0.1, 0.15) is 0 Å². The highest BCUT2D eigenvalue weighted by Crippen LogP contribution is 2.28. The van der Waals surface area contributed by atoms with Crippen LogP contribution in [0.1, 0.15) is 31.9 Å². The highest BCUT2D eigenvalue weighted by Gasteiger charge is 2.17. The number of rotatable bonds is 5. The van der Waals surface area contributed by atoms with Gasteiger partial charge in [-0.2, -0.15) is 0 Å². The quantitative estimate of drug-likeness (QED) is 0.782. The van der Waals surface area contributed by atoms with Crippen LogP contribution >= 0.6 is 0 Å². The van der Waals surface area contributed by atoms with Crippen LogP contribution in [0.2, 0.25) is 0 Å². The zero-order valence-corrected chi connectivity index (χ0v) is 14.9. The molecule has 0 atom stereocenters. The lowest BCUT2D eigenvalue weighted by Crippen LogP contribution is -2.41. The molecule has 132 valence electrons. The Morgan fingerprint density at radius 2 is 1.56 bits per heavy atom. The summed E-state index contributed by atoms with van der Waals surface area (Å²) in [4.78, 5) is 23.8. The van der Waals surface area contributed by atoms with Gasteiger partial charge in [0.2, 0.25) is 5.91 Å². The van der Waals surface area contributed by atoms with Crippen LogP contribution < -0.4 is 16.0 Å². The second-order valence-electron chi connectivity index (χ2n) is 6.87. The molecule has 2 aromatic rings.